The van der Waals surface area contributed by atoms with Crippen molar-refractivity contribution in [2.24, 2.45) is 5.92 Å². The summed E-state index contributed by atoms with van der Waals surface area (Å²) in [4.78, 5) is 10.5. The van der Waals surface area contributed by atoms with Crippen LogP contribution in [-0.2, 0) is 0 Å². The quantitative estimate of drug-likeness (QED) is 0.686. The molecule has 0 aliphatic rings. The Bertz CT molecular complexity index is 151. The van der Waals surface area contributed by atoms with Crippen LogP contribution in [0.1, 0.15) is 40.5 Å². The molecule has 0 aromatic heterocycles. The molecule has 0 heterocycles. The van der Waals surface area contributed by atoms with Crippen molar-refractivity contribution in [1.29, 1.82) is 0 Å². The van der Waals surface area contributed by atoms with Gasteiger partial charge in [0.2, 0.25) is 0 Å². The maximum absolute atomic E-state index is 10.5. The fourth-order valence-electron chi connectivity index (χ4n) is 1.60. The lowest BCUT2D eigenvalue weighted by Crippen LogP contribution is -2.51. The van der Waals surface area contributed by atoms with E-state index in [9.17, 15) is 4.79 Å². The Kier molecular flexibility index (Phi) is 4.07. The van der Waals surface area contributed by atoms with Crippen molar-refractivity contribution in [3.63, 3.8) is 0 Å². The third kappa shape index (κ3) is 2.40. The zero-order valence-corrected chi connectivity index (χ0v) is 8.35. The van der Waals surface area contributed by atoms with Gasteiger partial charge in [-0.2, -0.15) is 0 Å². The Morgan fingerprint density at radius 3 is 1.92 bits per heavy atom. The Morgan fingerprint density at radius 1 is 1.42 bits per heavy atom. The van der Waals surface area contributed by atoms with Crippen LogP contribution in [-0.4, -0.2) is 16.7 Å². The van der Waals surface area contributed by atoms with Gasteiger partial charge in [0, 0.05) is 5.54 Å². The van der Waals surface area contributed by atoms with Gasteiger partial charge in [0.15, 0.2) is 0 Å². The third-order valence-corrected chi connectivity index (χ3v) is 2.72. The van der Waals surface area contributed by atoms with Gasteiger partial charge in [0.1, 0.15) is 0 Å². The largest absolute Gasteiger partial charge is 0.465 e. The van der Waals surface area contributed by atoms with Crippen LogP contribution in [0.4, 0.5) is 4.79 Å². The summed E-state index contributed by atoms with van der Waals surface area (Å²) in [5.74, 6) is 0.337. The molecule has 0 unspecified atom stereocenters. The van der Waals surface area contributed by atoms with Crippen molar-refractivity contribution in [2.75, 3.05) is 0 Å². The fourth-order valence-corrected chi connectivity index (χ4v) is 1.60. The first-order chi connectivity index (χ1) is 5.48. The molecule has 0 aromatic carbocycles. The van der Waals surface area contributed by atoms with Gasteiger partial charge in [-0.25, -0.2) is 4.79 Å². The summed E-state index contributed by atoms with van der Waals surface area (Å²) in [6.07, 6.45) is 0.758. The van der Waals surface area contributed by atoms with Crippen LogP contribution < -0.4 is 5.32 Å². The number of hydrogen-bond acceptors (Lipinski definition) is 1. The number of hydrogen-bond donors (Lipinski definition) is 2. The second-order valence-electron chi connectivity index (χ2n) is 3.45. The van der Waals surface area contributed by atoms with E-state index in [1.807, 2.05) is 27.7 Å². The van der Waals surface area contributed by atoms with Crippen LogP contribution in [0.15, 0.2) is 0 Å². The van der Waals surface area contributed by atoms with Crippen molar-refractivity contribution in [1.82, 2.24) is 5.32 Å². The van der Waals surface area contributed by atoms with E-state index in [0.717, 1.165) is 12.8 Å². The van der Waals surface area contributed by atoms with E-state index in [-0.39, 0.29) is 5.54 Å². The van der Waals surface area contributed by atoms with Gasteiger partial charge < -0.3 is 10.4 Å². The average molecular weight is 173 g/mol. The van der Waals surface area contributed by atoms with Crippen LogP contribution in [0, 0.1) is 5.92 Å². The lowest BCUT2D eigenvalue weighted by molar-refractivity contribution is 0.156. The third-order valence-electron chi connectivity index (χ3n) is 2.72. The Balaban J connectivity index is 4.46. The summed E-state index contributed by atoms with van der Waals surface area (Å²) in [6.45, 7) is 8.12. The van der Waals surface area contributed by atoms with Crippen LogP contribution in [0.3, 0.4) is 0 Å². The Labute approximate surface area is 74.2 Å². The number of nitrogens with one attached hydrogen (secondary N) is 1. The predicted octanol–water partition coefficient (Wildman–Crippen LogP) is 2.47. The fraction of sp³-hybridized carbons (Fsp3) is 0.889. The lowest BCUT2D eigenvalue weighted by Gasteiger charge is -2.35. The first kappa shape index (κ1) is 11.3. The molecule has 0 rings (SSSR count). The molecule has 12 heavy (non-hydrogen) atoms. The minimum absolute atomic E-state index is 0.244. The van der Waals surface area contributed by atoms with E-state index in [4.69, 9.17) is 5.11 Å². The van der Waals surface area contributed by atoms with E-state index < -0.39 is 6.09 Å². The molecule has 3 nitrogen and oxygen atoms in total. The van der Waals surface area contributed by atoms with E-state index >= 15 is 0 Å². The van der Waals surface area contributed by atoms with E-state index in [2.05, 4.69) is 5.32 Å². The molecular formula is C9H19NO2. The molecule has 0 fully saturated rings. The minimum Gasteiger partial charge on any atom is -0.465 e. The maximum atomic E-state index is 10.5. The average Bonchev–Trinajstić information content (AvgIpc) is 1.99. The van der Waals surface area contributed by atoms with Crippen LogP contribution in [0.25, 0.3) is 0 Å². The number of rotatable bonds is 4. The van der Waals surface area contributed by atoms with E-state index in [0.29, 0.717) is 5.92 Å². The molecule has 0 saturated heterocycles. The van der Waals surface area contributed by atoms with Crippen molar-refractivity contribution in [3.05, 3.63) is 0 Å². The van der Waals surface area contributed by atoms with E-state index in [1.54, 1.807) is 0 Å². The van der Waals surface area contributed by atoms with Crippen LogP contribution >= 0.6 is 0 Å². The summed E-state index contributed by atoms with van der Waals surface area (Å²) in [5, 5.41) is 11.3. The number of carbonyl (C=O) groups is 1. The van der Waals surface area contributed by atoms with Gasteiger partial charge >= 0.3 is 6.09 Å². The highest BCUT2D eigenvalue weighted by atomic mass is 16.4. The topological polar surface area (TPSA) is 49.3 Å². The highest BCUT2D eigenvalue weighted by Crippen LogP contribution is 2.24. The number of amides is 1. The summed E-state index contributed by atoms with van der Waals surface area (Å²) in [5.41, 5.74) is -0.244. The van der Waals surface area contributed by atoms with Gasteiger partial charge in [-0.05, 0) is 18.8 Å². The summed E-state index contributed by atoms with van der Waals surface area (Å²) < 4.78 is 0. The molecule has 0 bridgehead atoms. The second-order valence-corrected chi connectivity index (χ2v) is 3.45. The normalized spacial score (nSPS) is 11.8. The van der Waals surface area contributed by atoms with Crippen molar-refractivity contribution in [2.45, 2.75) is 46.1 Å². The molecule has 0 atom stereocenters. The minimum atomic E-state index is -0.924. The molecule has 1 amide bonds. The Morgan fingerprint density at radius 2 is 1.83 bits per heavy atom. The summed E-state index contributed by atoms with van der Waals surface area (Å²) >= 11 is 0. The smallest absolute Gasteiger partial charge is 0.405 e. The highest BCUT2D eigenvalue weighted by molar-refractivity contribution is 5.65. The molecule has 3 heteroatoms. The standard InChI is InChI=1S/C9H19NO2/c1-5-9(6-2,7(3)4)10-8(11)12/h7,10H,5-6H2,1-4H3,(H,11,12). The molecule has 0 aromatic rings. The molecule has 0 radical (unpaired) electrons. The second kappa shape index (κ2) is 4.33. The molecule has 0 aliphatic carbocycles. The highest BCUT2D eigenvalue weighted by Gasteiger charge is 2.31. The van der Waals surface area contributed by atoms with Gasteiger partial charge in [-0.15, -0.1) is 0 Å². The van der Waals surface area contributed by atoms with Crippen molar-refractivity contribution < 1.29 is 9.90 Å². The number of carboxylic acid groups (broad SMARTS) is 1. The summed E-state index contributed by atoms with van der Waals surface area (Å²) in [7, 11) is 0. The lowest BCUT2D eigenvalue weighted by atomic mass is 9.82. The van der Waals surface area contributed by atoms with Crippen molar-refractivity contribution >= 4 is 6.09 Å². The van der Waals surface area contributed by atoms with Crippen LogP contribution in [0.5, 0.6) is 0 Å². The molecule has 72 valence electrons. The monoisotopic (exact) mass is 173 g/mol. The molecular weight excluding hydrogens is 154 g/mol. The zero-order chi connectivity index (χ0) is 9.78. The summed E-state index contributed by atoms with van der Waals surface area (Å²) in [6, 6.07) is 0. The molecule has 0 spiro atoms. The van der Waals surface area contributed by atoms with Gasteiger partial charge in [0.25, 0.3) is 0 Å². The predicted molar refractivity (Wildman–Crippen MR) is 49.3 cm³/mol. The Hall–Kier alpha value is -0.730. The first-order valence-corrected chi connectivity index (χ1v) is 4.49. The molecule has 0 aliphatic heterocycles. The first-order valence-electron chi connectivity index (χ1n) is 4.49. The zero-order valence-electron chi connectivity index (χ0n) is 8.35. The van der Waals surface area contributed by atoms with Crippen molar-refractivity contribution in [3.8, 4) is 0 Å². The van der Waals surface area contributed by atoms with Gasteiger partial charge in [-0.3, -0.25) is 0 Å². The maximum Gasteiger partial charge on any atom is 0.405 e. The van der Waals surface area contributed by atoms with Gasteiger partial charge in [0.05, 0.1) is 0 Å². The van der Waals surface area contributed by atoms with Gasteiger partial charge in [-0.1, -0.05) is 27.7 Å². The van der Waals surface area contributed by atoms with Crippen LogP contribution in [0.2, 0.25) is 0 Å². The SMILES string of the molecule is CCC(CC)(NC(=O)O)C(C)C. The molecule has 0 saturated carbocycles. The van der Waals surface area contributed by atoms with E-state index in [1.165, 1.54) is 0 Å². The molecule has 2 N–H and O–H groups in total.